The van der Waals surface area contributed by atoms with Crippen molar-refractivity contribution in [1.82, 2.24) is 4.90 Å². The molecule has 0 saturated carbocycles. The Kier molecular flexibility index (Phi) is 3.25. The molecule has 0 spiro atoms. The van der Waals surface area contributed by atoms with Crippen LogP contribution in [0.3, 0.4) is 0 Å². The smallest absolute Gasteiger partial charge is 0.219 e. The van der Waals surface area contributed by atoms with E-state index in [0.717, 1.165) is 19.4 Å². The molecule has 0 aliphatic heterocycles. The average Bonchev–Trinajstić information content (AvgIpc) is 2.43. The Labute approximate surface area is 120 Å². The SMILES string of the molecule is CCN(C(C)=O)C1Cc2cccc3ccc(C)c(c23)C1. The van der Waals surface area contributed by atoms with E-state index in [1.165, 1.54) is 27.5 Å². The molecule has 20 heavy (non-hydrogen) atoms. The summed E-state index contributed by atoms with van der Waals surface area (Å²) >= 11 is 0. The van der Waals surface area contributed by atoms with E-state index >= 15 is 0 Å². The van der Waals surface area contributed by atoms with Crippen molar-refractivity contribution in [2.75, 3.05) is 6.54 Å². The highest BCUT2D eigenvalue weighted by Crippen LogP contribution is 2.33. The van der Waals surface area contributed by atoms with Crippen molar-refractivity contribution < 1.29 is 4.79 Å². The second-order valence-corrected chi connectivity index (χ2v) is 5.74. The fourth-order valence-corrected chi connectivity index (χ4v) is 3.59. The van der Waals surface area contributed by atoms with Crippen molar-refractivity contribution in [2.45, 2.75) is 39.7 Å². The van der Waals surface area contributed by atoms with Gasteiger partial charge in [0.25, 0.3) is 0 Å². The predicted molar refractivity (Wildman–Crippen MR) is 82.9 cm³/mol. The summed E-state index contributed by atoms with van der Waals surface area (Å²) in [5.41, 5.74) is 4.15. The summed E-state index contributed by atoms with van der Waals surface area (Å²) in [5.74, 6) is 0.182. The van der Waals surface area contributed by atoms with Crippen molar-refractivity contribution in [3.8, 4) is 0 Å². The van der Waals surface area contributed by atoms with Crippen molar-refractivity contribution >= 4 is 16.7 Å². The topological polar surface area (TPSA) is 20.3 Å². The third-order valence-corrected chi connectivity index (χ3v) is 4.55. The van der Waals surface area contributed by atoms with Crippen LogP contribution in [0.4, 0.5) is 0 Å². The number of nitrogens with zero attached hydrogens (tertiary/aromatic N) is 1. The maximum Gasteiger partial charge on any atom is 0.219 e. The first-order valence-corrected chi connectivity index (χ1v) is 7.39. The number of rotatable bonds is 2. The minimum absolute atomic E-state index is 0.182. The lowest BCUT2D eigenvalue weighted by Crippen LogP contribution is -2.43. The molecule has 2 heteroatoms. The zero-order chi connectivity index (χ0) is 14.3. The minimum Gasteiger partial charge on any atom is -0.340 e. The summed E-state index contributed by atoms with van der Waals surface area (Å²) < 4.78 is 0. The van der Waals surface area contributed by atoms with Crippen LogP contribution < -0.4 is 0 Å². The second-order valence-electron chi connectivity index (χ2n) is 5.74. The third-order valence-electron chi connectivity index (χ3n) is 4.55. The van der Waals surface area contributed by atoms with Gasteiger partial charge < -0.3 is 4.90 Å². The van der Waals surface area contributed by atoms with Crippen LogP contribution in [0.5, 0.6) is 0 Å². The Bertz CT molecular complexity index is 674. The Morgan fingerprint density at radius 3 is 2.75 bits per heavy atom. The van der Waals surface area contributed by atoms with Gasteiger partial charge in [-0.2, -0.15) is 0 Å². The molecule has 0 saturated heterocycles. The molecule has 0 aromatic heterocycles. The fourth-order valence-electron chi connectivity index (χ4n) is 3.59. The monoisotopic (exact) mass is 267 g/mol. The van der Waals surface area contributed by atoms with E-state index in [9.17, 15) is 4.79 Å². The summed E-state index contributed by atoms with van der Waals surface area (Å²) in [6, 6.07) is 11.2. The van der Waals surface area contributed by atoms with Gasteiger partial charge in [-0.15, -0.1) is 0 Å². The van der Waals surface area contributed by atoms with Crippen molar-refractivity contribution in [2.24, 2.45) is 0 Å². The van der Waals surface area contributed by atoms with Crippen LogP contribution in [0.15, 0.2) is 30.3 Å². The number of hydrogen-bond donors (Lipinski definition) is 0. The number of aryl methyl sites for hydroxylation is 1. The van der Waals surface area contributed by atoms with Crippen LogP contribution in [0.1, 0.15) is 30.5 Å². The molecule has 1 atom stereocenters. The lowest BCUT2D eigenvalue weighted by Gasteiger charge is -2.34. The first-order chi connectivity index (χ1) is 9.61. The first kappa shape index (κ1) is 13.2. The van der Waals surface area contributed by atoms with Gasteiger partial charge in [-0.1, -0.05) is 30.3 Å². The molecule has 0 fully saturated rings. The number of amides is 1. The molecule has 2 nitrogen and oxygen atoms in total. The van der Waals surface area contributed by atoms with Gasteiger partial charge in [0.15, 0.2) is 0 Å². The third kappa shape index (κ3) is 2.00. The van der Waals surface area contributed by atoms with Crippen LogP contribution in [0.25, 0.3) is 10.8 Å². The molecule has 0 heterocycles. The highest BCUT2D eigenvalue weighted by Gasteiger charge is 2.27. The van der Waals surface area contributed by atoms with E-state index in [1.54, 1.807) is 6.92 Å². The molecular formula is C18H21NO. The summed E-state index contributed by atoms with van der Waals surface area (Å²) in [4.78, 5) is 13.8. The van der Waals surface area contributed by atoms with Crippen LogP contribution >= 0.6 is 0 Å². The van der Waals surface area contributed by atoms with E-state index in [2.05, 4.69) is 44.2 Å². The molecule has 104 valence electrons. The van der Waals surface area contributed by atoms with Gasteiger partial charge in [-0.3, -0.25) is 4.79 Å². The molecule has 3 rings (SSSR count). The van der Waals surface area contributed by atoms with Gasteiger partial charge in [0.05, 0.1) is 0 Å². The Hall–Kier alpha value is -1.83. The maximum atomic E-state index is 11.8. The standard InChI is InChI=1S/C18H21NO/c1-4-19(13(3)20)16-10-15-7-5-6-14-9-8-12(2)17(11-16)18(14)15/h5-9,16H,4,10-11H2,1-3H3. The van der Waals surface area contributed by atoms with E-state index in [0.29, 0.717) is 6.04 Å². The van der Waals surface area contributed by atoms with Gasteiger partial charge in [0.1, 0.15) is 0 Å². The summed E-state index contributed by atoms with van der Waals surface area (Å²) in [6.07, 6.45) is 1.95. The number of carbonyl (C=O) groups is 1. The lowest BCUT2D eigenvalue weighted by molar-refractivity contribution is -0.130. The molecule has 1 aliphatic rings. The molecule has 1 amide bonds. The van der Waals surface area contributed by atoms with Gasteiger partial charge in [-0.05, 0) is 54.2 Å². The zero-order valence-electron chi connectivity index (χ0n) is 12.4. The van der Waals surface area contributed by atoms with Crippen LogP contribution in [-0.4, -0.2) is 23.4 Å². The molecular weight excluding hydrogens is 246 g/mol. The van der Waals surface area contributed by atoms with Gasteiger partial charge in [0, 0.05) is 19.5 Å². The molecule has 0 radical (unpaired) electrons. The molecule has 0 bridgehead atoms. The Morgan fingerprint density at radius 1 is 1.25 bits per heavy atom. The quantitative estimate of drug-likeness (QED) is 0.815. The van der Waals surface area contributed by atoms with Crippen LogP contribution in [-0.2, 0) is 17.6 Å². The molecule has 2 aromatic rings. The number of carbonyl (C=O) groups excluding carboxylic acids is 1. The Balaban J connectivity index is 2.11. The van der Waals surface area contributed by atoms with Gasteiger partial charge >= 0.3 is 0 Å². The van der Waals surface area contributed by atoms with E-state index in [4.69, 9.17) is 0 Å². The van der Waals surface area contributed by atoms with E-state index in [-0.39, 0.29) is 5.91 Å². The highest BCUT2D eigenvalue weighted by atomic mass is 16.2. The summed E-state index contributed by atoms with van der Waals surface area (Å²) in [5, 5.41) is 2.75. The number of benzene rings is 2. The first-order valence-electron chi connectivity index (χ1n) is 7.39. The van der Waals surface area contributed by atoms with E-state index in [1.807, 2.05) is 4.90 Å². The van der Waals surface area contributed by atoms with Crippen molar-refractivity contribution in [3.05, 3.63) is 47.0 Å². The Morgan fingerprint density at radius 2 is 2.05 bits per heavy atom. The van der Waals surface area contributed by atoms with Crippen molar-refractivity contribution in [3.63, 3.8) is 0 Å². The molecule has 0 N–H and O–H groups in total. The maximum absolute atomic E-state index is 11.8. The normalized spacial score (nSPS) is 17.2. The van der Waals surface area contributed by atoms with Crippen molar-refractivity contribution in [1.29, 1.82) is 0 Å². The second kappa shape index (κ2) is 4.93. The summed E-state index contributed by atoms with van der Waals surface area (Å²) in [7, 11) is 0. The largest absolute Gasteiger partial charge is 0.340 e. The average molecular weight is 267 g/mol. The fraction of sp³-hybridized carbons (Fsp3) is 0.389. The predicted octanol–water partition coefficient (Wildman–Crippen LogP) is 3.48. The molecule has 1 unspecified atom stereocenters. The number of hydrogen-bond acceptors (Lipinski definition) is 1. The lowest BCUT2D eigenvalue weighted by atomic mass is 9.83. The van der Waals surface area contributed by atoms with Crippen LogP contribution in [0.2, 0.25) is 0 Å². The number of likely N-dealkylation sites (N-methyl/N-ethyl adjacent to an activating group) is 1. The van der Waals surface area contributed by atoms with Gasteiger partial charge in [0.2, 0.25) is 5.91 Å². The molecule has 2 aromatic carbocycles. The van der Waals surface area contributed by atoms with Crippen LogP contribution in [0, 0.1) is 6.92 Å². The highest BCUT2D eigenvalue weighted by molar-refractivity contribution is 5.91. The van der Waals surface area contributed by atoms with Gasteiger partial charge in [-0.25, -0.2) is 0 Å². The zero-order valence-corrected chi connectivity index (χ0v) is 12.4. The summed E-state index contributed by atoms with van der Waals surface area (Å²) in [6.45, 7) is 6.71. The molecule has 1 aliphatic carbocycles. The van der Waals surface area contributed by atoms with E-state index < -0.39 is 0 Å². The minimum atomic E-state index is 0.182.